The predicted molar refractivity (Wildman–Crippen MR) is 50.6 cm³/mol. The van der Waals surface area contributed by atoms with Crippen LogP contribution in [0, 0.1) is 6.07 Å². The lowest BCUT2D eigenvalue weighted by Crippen LogP contribution is -2.08. The highest BCUT2D eigenvalue weighted by Gasteiger charge is 2.33. The Kier molecular flexibility index (Phi) is 2.71. The third kappa shape index (κ3) is 2.39. The molecule has 0 fully saturated rings. The first kappa shape index (κ1) is 12.7. The van der Waals surface area contributed by atoms with E-state index in [9.17, 15) is 26.3 Å². The van der Waals surface area contributed by atoms with Gasteiger partial charge in [0.15, 0.2) is 0 Å². The van der Waals surface area contributed by atoms with E-state index in [-0.39, 0.29) is 10.9 Å². The summed E-state index contributed by atoms with van der Waals surface area (Å²) in [6.07, 6.45) is -9.20. The van der Waals surface area contributed by atoms with E-state index >= 15 is 0 Å². The second-order valence-electron chi connectivity index (χ2n) is 3.51. The minimum absolute atomic E-state index is 0.113. The molecule has 2 aromatic rings. The zero-order chi connectivity index (χ0) is 13.6. The summed E-state index contributed by atoms with van der Waals surface area (Å²) in [5, 5.41) is -0.113. The van der Waals surface area contributed by atoms with E-state index in [0.717, 1.165) is 6.07 Å². The molecular weight excluding hydrogens is 260 g/mol. The molecule has 1 aromatic heterocycles. The molecule has 0 atom stereocenters. The molecule has 0 unspecified atom stereocenters. The molecule has 95 valence electrons. The van der Waals surface area contributed by atoms with Gasteiger partial charge in [-0.25, -0.2) is 4.98 Å². The normalized spacial score (nSPS) is 13.0. The molecule has 1 heterocycles. The fraction of sp³-hybridized carbons (Fsp3) is 0.182. The van der Waals surface area contributed by atoms with Crippen molar-refractivity contribution in [3.05, 3.63) is 41.6 Å². The van der Waals surface area contributed by atoms with Crippen LogP contribution < -0.4 is 0 Å². The van der Waals surface area contributed by atoms with Crippen LogP contribution in [0.2, 0.25) is 0 Å². The van der Waals surface area contributed by atoms with Crippen molar-refractivity contribution in [2.75, 3.05) is 0 Å². The van der Waals surface area contributed by atoms with Crippen molar-refractivity contribution < 1.29 is 26.3 Å². The van der Waals surface area contributed by atoms with Gasteiger partial charge in [-0.05, 0) is 30.3 Å². The molecule has 0 aliphatic heterocycles. The van der Waals surface area contributed by atoms with Crippen molar-refractivity contribution in [3.63, 3.8) is 0 Å². The maximum Gasteiger partial charge on any atom is 0.433 e. The summed E-state index contributed by atoms with van der Waals surface area (Å²) in [7, 11) is 0. The highest BCUT2D eigenvalue weighted by atomic mass is 19.4. The molecule has 0 aliphatic carbocycles. The van der Waals surface area contributed by atoms with Crippen LogP contribution in [-0.4, -0.2) is 4.98 Å². The molecule has 1 aromatic carbocycles. The Hall–Kier alpha value is -1.79. The van der Waals surface area contributed by atoms with E-state index in [2.05, 4.69) is 11.1 Å². The van der Waals surface area contributed by atoms with E-state index in [1.54, 1.807) is 0 Å². The van der Waals surface area contributed by atoms with Crippen molar-refractivity contribution >= 4 is 10.9 Å². The lowest BCUT2D eigenvalue weighted by molar-refractivity contribution is -0.141. The van der Waals surface area contributed by atoms with E-state index < -0.39 is 23.6 Å². The standard InChI is InChI=1S/C11H4F6N/c12-10(13,14)7-2-3-8-6(5-7)1-4-9(18-8)11(15,16)17/h2-5H. The van der Waals surface area contributed by atoms with Gasteiger partial charge in [-0.15, -0.1) is 0 Å². The van der Waals surface area contributed by atoms with Gasteiger partial charge in [-0.1, -0.05) is 0 Å². The van der Waals surface area contributed by atoms with Gasteiger partial charge >= 0.3 is 12.4 Å². The van der Waals surface area contributed by atoms with Crippen LogP contribution in [0.4, 0.5) is 26.3 Å². The monoisotopic (exact) mass is 264 g/mol. The number of benzene rings is 1. The van der Waals surface area contributed by atoms with Crippen LogP contribution in [0.15, 0.2) is 24.3 Å². The topological polar surface area (TPSA) is 12.9 Å². The number of hydrogen-bond donors (Lipinski definition) is 0. The van der Waals surface area contributed by atoms with Crippen LogP contribution in [0.1, 0.15) is 11.3 Å². The molecule has 0 amide bonds. The molecule has 0 spiro atoms. The van der Waals surface area contributed by atoms with Crippen molar-refractivity contribution in [1.29, 1.82) is 0 Å². The first-order valence-electron chi connectivity index (χ1n) is 4.65. The van der Waals surface area contributed by atoms with Crippen molar-refractivity contribution in [3.8, 4) is 0 Å². The smallest absolute Gasteiger partial charge is 0.243 e. The summed E-state index contributed by atoms with van der Waals surface area (Å²) in [4.78, 5) is 3.25. The van der Waals surface area contributed by atoms with Crippen LogP contribution >= 0.6 is 0 Å². The Labute approximate surface area is 97.1 Å². The minimum atomic E-state index is -4.65. The van der Waals surface area contributed by atoms with Crippen LogP contribution in [0.3, 0.4) is 0 Å². The lowest BCUT2D eigenvalue weighted by Gasteiger charge is -2.09. The van der Waals surface area contributed by atoms with Crippen LogP contribution in [0.25, 0.3) is 10.9 Å². The number of pyridine rings is 1. The minimum Gasteiger partial charge on any atom is -0.243 e. The van der Waals surface area contributed by atoms with Crippen LogP contribution in [0.5, 0.6) is 0 Å². The number of nitrogens with zero attached hydrogens (tertiary/aromatic N) is 1. The van der Waals surface area contributed by atoms with E-state index in [1.807, 2.05) is 0 Å². The highest BCUT2D eigenvalue weighted by molar-refractivity contribution is 5.79. The Morgan fingerprint density at radius 3 is 2.17 bits per heavy atom. The maximum atomic E-state index is 12.4. The number of rotatable bonds is 0. The van der Waals surface area contributed by atoms with E-state index in [0.29, 0.717) is 18.2 Å². The molecule has 1 radical (unpaired) electrons. The number of fused-ring (bicyclic) bond motifs is 1. The first-order valence-corrected chi connectivity index (χ1v) is 4.65. The highest BCUT2D eigenvalue weighted by Crippen LogP contribution is 2.32. The molecule has 0 saturated carbocycles. The average Bonchev–Trinajstić information content (AvgIpc) is 2.25. The second kappa shape index (κ2) is 3.86. The molecule has 0 aliphatic rings. The quantitative estimate of drug-likeness (QED) is 0.653. The summed E-state index contributed by atoms with van der Waals surface area (Å²) in [6.45, 7) is 0. The van der Waals surface area contributed by atoms with Gasteiger partial charge in [-0.3, -0.25) is 0 Å². The van der Waals surface area contributed by atoms with Gasteiger partial charge in [0.1, 0.15) is 5.69 Å². The largest absolute Gasteiger partial charge is 0.433 e. The van der Waals surface area contributed by atoms with Gasteiger partial charge < -0.3 is 0 Å². The van der Waals surface area contributed by atoms with Gasteiger partial charge in [0.05, 0.1) is 11.1 Å². The lowest BCUT2D eigenvalue weighted by atomic mass is 10.1. The molecule has 18 heavy (non-hydrogen) atoms. The molecule has 0 N–H and O–H groups in total. The summed E-state index contributed by atoms with van der Waals surface area (Å²) in [6, 6.07) is 4.97. The van der Waals surface area contributed by atoms with Gasteiger partial charge in [0.2, 0.25) is 0 Å². The summed E-state index contributed by atoms with van der Waals surface area (Å²) < 4.78 is 74.1. The van der Waals surface area contributed by atoms with Gasteiger partial charge in [0, 0.05) is 5.39 Å². The third-order valence-electron chi connectivity index (χ3n) is 2.22. The van der Waals surface area contributed by atoms with E-state index in [4.69, 9.17) is 0 Å². The molecule has 2 rings (SSSR count). The molecule has 1 nitrogen and oxygen atoms in total. The number of hydrogen-bond acceptors (Lipinski definition) is 1. The Morgan fingerprint density at radius 1 is 0.944 bits per heavy atom. The summed E-state index contributed by atoms with van der Waals surface area (Å²) in [5.74, 6) is 0. The Bertz CT molecular complexity index is 531. The molecule has 7 heteroatoms. The number of alkyl halides is 6. The van der Waals surface area contributed by atoms with Gasteiger partial charge in [0.25, 0.3) is 0 Å². The third-order valence-corrected chi connectivity index (χ3v) is 2.22. The van der Waals surface area contributed by atoms with Crippen LogP contribution in [-0.2, 0) is 12.4 Å². The fourth-order valence-electron chi connectivity index (χ4n) is 1.38. The molecule has 0 saturated heterocycles. The van der Waals surface area contributed by atoms with Crippen molar-refractivity contribution in [2.45, 2.75) is 12.4 Å². The predicted octanol–water partition coefficient (Wildman–Crippen LogP) is 4.07. The van der Waals surface area contributed by atoms with Gasteiger partial charge in [-0.2, -0.15) is 26.3 Å². The zero-order valence-corrected chi connectivity index (χ0v) is 8.52. The molecular formula is C11H4F6N. The SMILES string of the molecule is FC(F)(F)c1ccc2nc(C(F)(F)F)c[c]c2c1. The Morgan fingerprint density at radius 2 is 1.61 bits per heavy atom. The fourth-order valence-corrected chi connectivity index (χ4v) is 1.38. The zero-order valence-electron chi connectivity index (χ0n) is 8.52. The average molecular weight is 264 g/mol. The Balaban J connectivity index is 2.56. The summed E-state index contributed by atoms with van der Waals surface area (Å²) in [5.41, 5.74) is -2.32. The number of aromatic nitrogens is 1. The van der Waals surface area contributed by atoms with Crippen molar-refractivity contribution in [2.24, 2.45) is 0 Å². The summed E-state index contributed by atoms with van der Waals surface area (Å²) >= 11 is 0. The van der Waals surface area contributed by atoms with E-state index in [1.165, 1.54) is 0 Å². The van der Waals surface area contributed by atoms with Crippen molar-refractivity contribution in [1.82, 2.24) is 4.98 Å². The number of halogens is 6. The first-order chi connectivity index (χ1) is 8.18. The maximum absolute atomic E-state index is 12.4. The second-order valence-corrected chi connectivity index (χ2v) is 3.51. The molecule has 0 bridgehead atoms.